The van der Waals surface area contributed by atoms with Crippen molar-refractivity contribution in [1.29, 1.82) is 0 Å². The summed E-state index contributed by atoms with van der Waals surface area (Å²) < 4.78 is 4.38. The molecule has 0 aromatic rings. The Kier molecular flexibility index (Phi) is 4.21. The van der Waals surface area contributed by atoms with E-state index >= 15 is 0 Å². The fraction of sp³-hybridized carbons (Fsp3) is 0.667. The highest BCUT2D eigenvalue weighted by molar-refractivity contribution is 5.94. The van der Waals surface area contributed by atoms with Gasteiger partial charge in [-0.1, -0.05) is 0 Å². The summed E-state index contributed by atoms with van der Waals surface area (Å²) in [5.74, 6) is -3.72. The second kappa shape index (κ2) is 4.68. The van der Waals surface area contributed by atoms with Crippen LogP contribution in [0, 0.1) is 5.92 Å². The van der Waals surface area contributed by atoms with Gasteiger partial charge in [-0.15, -0.1) is 0 Å². The SMILES string of the molecule is CCOC(=O)C(CO)C(=O)O. The summed E-state index contributed by atoms with van der Waals surface area (Å²) in [6.07, 6.45) is 0. The van der Waals surface area contributed by atoms with E-state index in [4.69, 9.17) is 10.2 Å². The molecule has 0 aromatic carbocycles. The minimum atomic E-state index is -1.45. The average molecular weight is 162 g/mol. The zero-order valence-electron chi connectivity index (χ0n) is 6.11. The van der Waals surface area contributed by atoms with Gasteiger partial charge in [0.2, 0.25) is 0 Å². The maximum atomic E-state index is 10.7. The van der Waals surface area contributed by atoms with Crippen LogP contribution in [0.4, 0.5) is 0 Å². The molecule has 1 unspecified atom stereocenters. The van der Waals surface area contributed by atoms with Gasteiger partial charge >= 0.3 is 11.9 Å². The summed E-state index contributed by atoms with van der Waals surface area (Å²) in [4.78, 5) is 20.8. The Morgan fingerprint density at radius 1 is 1.55 bits per heavy atom. The topological polar surface area (TPSA) is 83.8 Å². The number of aliphatic hydroxyl groups is 1. The highest BCUT2D eigenvalue weighted by Gasteiger charge is 2.26. The fourth-order valence-electron chi connectivity index (χ4n) is 0.496. The number of carbonyl (C=O) groups is 2. The van der Waals surface area contributed by atoms with Crippen LogP contribution in [0.25, 0.3) is 0 Å². The van der Waals surface area contributed by atoms with Gasteiger partial charge in [-0.2, -0.15) is 0 Å². The van der Waals surface area contributed by atoms with Crippen molar-refractivity contribution in [3.05, 3.63) is 0 Å². The highest BCUT2D eigenvalue weighted by Crippen LogP contribution is 1.98. The molecule has 2 N–H and O–H groups in total. The Labute approximate surface area is 63.6 Å². The molecule has 0 spiro atoms. The summed E-state index contributed by atoms with van der Waals surface area (Å²) in [6, 6.07) is 0. The van der Waals surface area contributed by atoms with Crippen LogP contribution in [0.1, 0.15) is 6.92 Å². The molecule has 0 saturated heterocycles. The molecule has 1 atom stereocenters. The highest BCUT2D eigenvalue weighted by atomic mass is 16.5. The number of hydrogen-bond donors (Lipinski definition) is 2. The third-order valence-corrected chi connectivity index (χ3v) is 1.05. The Balaban J connectivity index is 4.03. The molecule has 0 bridgehead atoms. The zero-order chi connectivity index (χ0) is 8.85. The number of hydrogen-bond acceptors (Lipinski definition) is 4. The van der Waals surface area contributed by atoms with Crippen LogP contribution in [-0.2, 0) is 14.3 Å². The van der Waals surface area contributed by atoms with Gasteiger partial charge in [0, 0.05) is 0 Å². The fourth-order valence-corrected chi connectivity index (χ4v) is 0.496. The van der Waals surface area contributed by atoms with Crippen LogP contribution < -0.4 is 0 Å². The van der Waals surface area contributed by atoms with Crippen LogP contribution in [0.15, 0.2) is 0 Å². The lowest BCUT2D eigenvalue weighted by Crippen LogP contribution is -2.28. The van der Waals surface area contributed by atoms with E-state index in [1.54, 1.807) is 6.92 Å². The quantitative estimate of drug-likeness (QED) is 0.419. The first-order valence-electron chi connectivity index (χ1n) is 3.13. The number of carboxylic acids is 1. The van der Waals surface area contributed by atoms with E-state index in [-0.39, 0.29) is 6.61 Å². The van der Waals surface area contributed by atoms with Crippen molar-refractivity contribution < 1.29 is 24.5 Å². The van der Waals surface area contributed by atoms with E-state index in [1.165, 1.54) is 0 Å². The number of esters is 1. The molecule has 64 valence electrons. The Bertz CT molecular complexity index is 153. The van der Waals surface area contributed by atoms with Crippen molar-refractivity contribution in [2.45, 2.75) is 6.92 Å². The molecule has 0 fully saturated rings. The number of ether oxygens (including phenoxy) is 1. The van der Waals surface area contributed by atoms with Crippen LogP contribution in [0.3, 0.4) is 0 Å². The van der Waals surface area contributed by atoms with Crippen molar-refractivity contribution in [2.24, 2.45) is 5.92 Å². The van der Waals surface area contributed by atoms with E-state index in [1.807, 2.05) is 0 Å². The molecular weight excluding hydrogens is 152 g/mol. The summed E-state index contributed by atoms with van der Waals surface area (Å²) in [7, 11) is 0. The molecule has 5 nitrogen and oxygen atoms in total. The molecule has 0 radical (unpaired) electrons. The van der Waals surface area contributed by atoms with E-state index in [9.17, 15) is 9.59 Å². The summed E-state index contributed by atoms with van der Waals surface area (Å²) >= 11 is 0. The van der Waals surface area contributed by atoms with Crippen LogP contribution in [0.2, 0.25) is 0 Å². The van der Waals surface area contributed by atoms with Crippen molar-refractivity contribution in [3.8, 4) is 0 Å². The van der Waals surface area contributed by atoms with Gasteiger partial charge in [0.15, 0.2) is 5.92 Å². The van der Waals surface area contributed by atoms with Gasteiger partial charge < -0.3 is 14.9 Å². The molecule has 0 aliphatic rings. The average Bonchev–Trinajstić information content (AvgIpc) is 1.88. The first kappa shape index (κ1) is 9.90. The lowest BCUT2D eigenvalue weighted by atomic mass is 10.2. The molecule has 0 saturated carbocycles. The van der Waals surface area contributed by atoms with E-state index in [0.717, 1.165) is 0 Å². The molecule has 0 heterocycles. The Morgan fingerprint density at radius 3 is 2.36 bits per heavy atom. The van der Waals surface area contributed by atoms with Crippen molar-refractivity contribution in [2.75, 3.05) is 13.2 Å². The first-order valence-corrected chi connectivity index (χ1v) is 3.13. The van der Waals surface area contributed by atoms with Gasteiger partial charge in [0.05, 0.1) is 13.2 Å². The predicted octanol–water partition coefficient (Wildman–Crippen LogP) is -0.757. The molecular formula is C6H10O5. The largest absolute Gasteiger partial charge is 0.481 e. The van der Waals surface area contributed by atoms with Crippen molar-refractivity contribution in [3.63, 3.8) is 0 Å². The van der Waals surface area contributed by atoms with Crippen LogP contribution in [0.5, 0.6) is 0 Å². The van der Waals surface area contributed by atoms with Crippen molar-refractivity contribution >= 4 is 11.9 Å². The molecule has 5 heteroatoms. The lowest BCUT2D eigenvalue weighted by molar-refractivity contribution is -0.160. The Hall–Kier alpha value is -1.10. The lowest BCUT2D eigenvalue weighted by Gasteiger charge is -2.06. The molecule has 0 aliphatic carbocycles. The van der Waals surface area contributed by atoms with Crippen LogP contribution >= 0.6 is 0 Å². The van der Waals surface area contributed by atoms with Gasteiger partial charge in [-0.05, 0) is 6.92 Å². The third-order valence-electron chi connectivity index (χ3n) is 1.05. The van der Waals surface area contributed by atoms with E-state index in [0.29, 0.717) is 0 Å². The summed E-state index contributed by atoms with van der Waals surface area (Å²) in [5, 5.41) is 16.7. The number of carbonyl (C=O) groups excluding carboxylic acids is 1. The second-order valence-electron chi connectivity index (χ2n) is 1.83. The minimum Gasteiger partial charge on any atom is -0.481 e. The maximum Gasteiger partial charge on any atom is 0.322 e. The second-order valence-corrected chi connectivity index (χ2v) is 1.83. The molecule has 0 rings (SSSR count). The van der Waals surface area contributed by atoms with Crippen molar-refractivity contribution in [1.82, 2.24) is 0 Å². The maximum absolute atomic E-state index is 10.7. The molecule has 0 aliphatic heterocycles. The summed E-state index contributed by atoms with van der Waals surface area (Å²) in [5.41, 5.74) is 0. The monoisotopic (exact) mass is 162 g/mol. The molecule has 0 aromatic heterocycles. The third kappa shape index (κ3) is 2.99. The van der Waals surface area contributed by atoms with Gasteiger partial charge in [-0.3, -0.25) is 9.59 Å². The predicted molar refractivity (Wildman–Crippen MR) is 34.8 cm³/mol. The van der Waals surface area contributed by atoms with Gasteiger partial charge in [-0.25, -0.2) is 0 Å². The number of aliphatic carboxylic acids is 1. The Morgan fingerprint density at radius 2 is 2.09 bits per heavy atom. The number of aliphatic hydroxyl groups excluding tert-OH is 1. The molecule has 0 amide bonds. The number of carboxylic acid groups (broad SMARTS) is 1. The van der Waals surface area contributed by atoms with E-state index in [2.05, 4.69) is 4.74 Å². The van der Waals surface area contributed by atoms with E-state index < -0.39 is 24.5 Å². The first-order chi connectivity index (χ1) is 5.13. The van der Waals surface area contributed by atoms with Gasteiger partial charge in [0.1, 0.15) is 0 Å². The van der Waals surface area contributed by atoms with Crippen LogP contribution in [-0.4, -0.2) is 35.4 Å². The van der Waals surface area contributed by atoms with Gasteiger partial charge in [0.25, 0.3) is 0 Å². The summed E-state index contributed by atoms with van der Waals surface area (Å²) in [6.45, 7) is 0.949. The standard InChI is InChI=1S/C6H10O5/c1-2-11-6(10)4(3-7)5(8)9/h4,7H,2-3H2,1H3,(H,8,9). The number of rotatable bonds is 4. The normalized spacial score (nSPS) is 12.2. The minimum absolute atomic E-state index is 0.114. The molecule has 11 heavy (non-hydrogen) atoms. The zero-order valence-corrected chi connectivity index (χ0v) is 6.11. The smallest absolute Gasteiger partial charge is 0.322 e.